The molecule has 0 aromatic heterocycles. The van der Waals surface area contributed by atoms with Gasteiger partial charge in [-0.15, -0.1) is 0 Å². The number of benzene rings is 1. The molecule has 114 valence electrons. The van der Waals surface area contributed by atoms with Gasteiger partial charge >= 0.3 is 0 Å². The number of halogens is 1. The van der Waals surface area contributed by atoms with Crippen LogP contribution in [-0.2, 0) is 0 Å². The third-order valence-corrected chi connectivity index (χ3v) is 5.78. The van der Waals surface area contributed by atoms with Crippen LogP contribution < -0.4 is 15.2 Å². The van der Waals surface area contributed by atoms with Gasteiger partial charge in [0.2, 0.25) is 0 Å². The normalized spacial score (nSPS) is 29.9. The maximum atomic E-state index is 6.09. The fourth-order valence-electron chi connectivity index (χ4n) is 3.70. The Morgan fingerprint density at radius 2 is 2.05 bits per heavy atom. The molecular weight excluding hydrogens is 332 g/mol. The van der Waals surface area contributed by atoms with Crippen LogP contribution >= 0.6 is 15.9 Å². The van der Waals surface area contributed by atoms with Crippen LogP contribution in [0.3, 0.4) is 0 Å². The van der Waals surface area contributed by atoms with Crippen molar-refractivity contribution in [3.8, 4) is 11.5 Å². The number of hydrogen-bond acceptors (Lipinski definition) is 4. The zero-order valence-electron chi connectivity index (χ0n) is 12.3. The van der Waals surface area contributed by atoms with Crippen molar-refractivity contribution in [2.24, 2.45) is 11.7 Å². The Labute approximate surface area is 133 Å². The van der Waals surface area contributed by atoms with Crippen LogP contribution in [0.15, 0.2) is 16.6 Å². The summed E-state index contributed by atoms with van der Waals surface area (Å²) in [6.07, 6.45) is 4.28. The number of ether oxygens (including phenoxy) is 2. The summed E-state index contributed by atoms with van der Waals surface area (Å²) in [5, 5.41) is 0. The van der Waals surface area contributed by atoms with Crippen LogP contribution in [0.2, 0.25) is 0 Å². The second kappa shape index (κ2) is 4.86. The molecule has 2 aliphatic heterocycles. The molecule has 2 N–H and O–H groups in total. The van der Waals surface area contributed by atoms with Crippen molar-refractivity contribution in [1.82, 2.24) is 4.90 Å². The second-order valence-electron chi connectivity index (χ2n) is 6.58. The zero-order chi connectivity index (χ0) is 14.6. The predicted octanol–water partition coefficient (Wildman–Crippen LogP) is 3.05. The highest BCUT2D eigenvalue weighted by atomic mass is 79.9. The van der Waals surface area contributed by atoms with Crippen molar-refractivity contribution in [3.63, 3.8) is 0 Å². The third-order valence-electron chi connectivity index (χ3n) is 5.10. The third kappa shape index (κ3) is 2.17. The first-order chi connectivity index (χ1) is 10.1. The van der Waals surface area contributed by atoms with E-state index in [9.17, 15) is 0 Å². The maximum Gasteiger partial charge on any atom is 0.251 e. The Bertz CT molecular complexity index is 574. The monoisotopic (exact) mass is 352 g/mol. The second-order valence-corrected chi connectivity index (χ2v) is 7.44. The molecule has 2 heterocycles. The van der Waals surface area contributed by atoms with E-state index in [4.69, 9.17) is 15.2 Å². The van der Waals surface area contributed by atoms with Crippen molar-refractivity contribution < 1.29 is 9.47 Å². The highest BCUT2D eigenvalue weighted by Gasteiger charge is 2.47. The van der Waals surface area contributed by atoms with Crippen molar-refractivity contribution >= 4 is 15.9 Å². The fraction of sp³-hybridized carbons (Fsp3) is 0.625. The first-order valence-corrected chi connectivity index (χ1v) is 8.51. The molecule has 2 unspecified atom stereocenters. The topological polar surface area (TPSA) is 47.7 Å². The first-order valence-electron chi connectivity index (χ1n) is 7.72. The average Bonchev–Trinajstić information content (AvgIpc) is 2.97. The van der Waals surface area contributed by atoms with E-state index in [1.807, 2.05) is 0 Å². The lowest BCUT2D eigenvalue weighted by Crippen LogP contribution is -2.45. The summed E-state index contributed by atoms with van der Waals surface area (Å²) in [4.78, 5) is 2.39. The van der Waals surface area contributed by atoms with Gasteiger partial charge in [-0.1, -0.05) is 15.9 Å². The molecule has 1 aromatic carbocycles. The minimum Gasteiger partial charge on any atom is -0.448 e. The van der Waals surface area contributed by atoms with E-state index < -0.39 is 0 Å². The summed E-state index contributed by atoms with van der Waals surface area (Å²) < 4.78 is 13.2. The van der Waals surface area contributed by atoms with Gasteiger partial charge in [0.25, 0.3) is 5.79 Å². The molecule has 0 radical (unpaired) electrons. The molecule has 1 aliphatic carbocycles. The van der Waals surface area contributed by atoms with Crippen molar-refractivity contribution in [2.75, 3.05) is 20.1 Å². The average molecular weight is 353 g/mol. The molecule has 1 spiro atoms. The van der Waals surface area contributed by atoms with E-state index >= 15 is 0 Å². The Morgan fingerprint density at radius 3 is 2.62 bits per heavy atom. The van der Waals surface area contributed by atoms with E-state index in [0.29, 0.717) is 12.0 Å². The van der Waals surface area contributed by atoms with Crippen molar-refractivity contribution in [2.45, 2.75) is 37.5 Å². The van der Waals surface area contributed by atoms with E-state index in [1.54, 1.807) is 0 Å². The predicted molar refractivity (Wildman–Crippen MR) is 84.5 cm³/mol. The van der Waals surface area contributed by atoms with Crippen LogP contribution in [0, 0.1) is 5.92 Å². The van der Waals surface area contributed by atoms with Gasteiger partial charge in [0.1, 0.15) is 0 Å². The molecule has 0 amide bonds. The number of nitrogens with two attached hydrogens (primary N) is 1. The Balaban J connectivity index is 1.64. The van der Waals surface area contributed by atoms with Gasteiger partial charge in [-0.05, 0) is 50.0 Å². The molecular formula is C16H21BrN2O2. The zero-order valence-corrected chi connectivity index (χ0v) is 13.9. The van der Waals surface area contributed by atoms with Gasteiger partial charge in [0, 0.05) is 29.9 Å². The number of hydrogen-bond donors (Lipinski definition) is 1. The fourth-order valence-corrected chi connectivity index (χ4v) is 4.28. The molecule has 2 atom stereocenters. The van der Waals surface area contributed by atoms with E-state index in [1.165, 1.54) is 12.0 Å². The summed E-state index contributed by atoms with van der Waals surface area (Å²) >= 11 is 3.71. The number of nitrogens with zero attached hydrogens (tertiary/aromatic N) is 1. The van der Waals surface area contributed by atoms with Crippen LogP contribution in [0.1, 0.15) is 37.3 Å². The molecule has 21 heavy (non-hydrogen) atoms. The first kappa shape index (κ1) is 13.9. The van der Waals surface area contributed by atoms with E-state index in [0.717, 1.165) is 48.3 Å². The number of fused-ring (bicyclic) bond motifs is 1. The van der Waals surface area contributed by atoms with E-state index in [-0.39, 0.29) is 5.79 Å². The largest absolute Gasteiger partial charge is 0.448 e. The van der Waals surface area contributed by atoms with Gasteiger partial charge in [0.15, 0.2) is 11.5 Å². The minimum absolute atomic E-state index is 0.359. The lowest BCUT2D eigenvalue weighted by atomic mass is 9.91. The standard InChI is InChI=1S/C16H21BrN2O2/c1-19-9-10(8-18)5-13(19)11-6-14-15(7-12(11)17)21-16(20-14)3-2-4-16/h6-7,10,13H,2-5,8-9,18H2,1H3. The summed E-state index contributed by atoms with van der Waals surface area (Å²) in [7, 11) is 2.17. The molecule has 0 bridgehead atoms. The molecule has 1 saturated heterocycles. The van der Waals surface area contributed by atoms with Gasteiger partial charge in [-0.25, -0.2) is 0 Å². The lowest BCUT2D eigenvalue weighted by Gasteiger charge is -2.35. The molecule has 4 nitrogen and oxygen atoms in total. The van der Waals surface area contributed by atoms with Gasteiger partial charge in [-0.3, -0.25) is 4.90 Å². The molecule has 1 saturated carbocycles. The van der Waals surface area contributed by atoms with Gasteiger partial charge < -0.3 is 15.2 Å². The van der Waals surface area contributed by atoms with Crippen LogP contribution in [-0.4, -0.2) is 30.8 Å². The van der Waals surface area contributed by atoms with Gasteiger partial charge in [0.05, 0.1) is 0 Å². The summed E-state index contributed by atoms with van der Waals surface area (Å²) in [6.45, 7) is 1.82. The molecule has 2 fully saturated rings. The SMILES string of the molecule is CN1CC(CN)CC1c1cc2c(cc1Br)OC1(CCC1)O2. The van der Waals surface area contributed by atoms with Gasteiger partial charge in [-0.2, -0.15) is 0 Å². The van der Waals surface area contributed by atoms with Crippen molar-refractivity contribution in [1.29, 1.82) is 0 Å². The molecule has 4 rings (SSSR count). The number of rotatable bonds is 2. The lowest BCUT2D eigenvalue weighted by molar-refractivity contribution is -0.138. The highest BCUT2D eigenvalue weighted by molar-refractivity contribution is 9.10. The molecule has 1 aromatic rings. The Kier molecular flexibility index (Phi) is 3.21. The summed E-state index contributed by atoms with van der Waals surface area (Å²) in [5.74, 6) is 2.00. The minimum atomic E-state index is -0.359. The smallest absolute Gasteiger partial charge is 0.251 e. The number of likely N-dealkylation sites (tertiary alicyclic amines) is 1. The van der Waals surface area contributed by atoms with Crippen LogP contribution in [0.25, 0.3) is 0 Å². The van der Waals surface area contributed by atoms with E-state index in [2.05, 4.69) is 40.0 Å². The quantitative estimate of drug-likeness (QED) is 0.888. The van der Waals surface area contributed by atoms with Crippen LogP contribution in [0.5, 0.6) is 11.5 Å². The molecule has 3 aliphatic rings. The summed E-state index contributed by atoms with van der Waals surface area (Å²) in [5.41, 5.74) is 7.13. The highest BCUT2D eigenvalue weighted by Crippen LogP contribution is 2.51. The molecule has 5 heteroatoms. The maximum absolute atomic E-state index is 6.09. The Morgan fingerprint density at radius 1 is 1.33 bits per heavy atom. The summed E-state index contributed by atoms with van der Waals surface area (Å²) in [6, 6.07) is 4.63. The Hall–Kier alpha value is -0.780. The van der Waals surface area contributed by atoms with Crippen LogP contribution in [0.4, 0.5) is 0 Å². The van der Waals surface area contributed by atoms with Crippen molar-refractivity contribution in [3.05, 3.63) is 22.2 Å².